The monoisotopic (exact) mass is 334 g/mol. The second-order valence-corrected chi connectivity index (χ2v) is 6.77. The van der Waals surface area contributed by atoms with E-state index in [0.29, 0.717) is 17.0 Å². The third kappa shape index (κ3) is 6.09. The molecule has 0 bridgehead atoms. The fraction of sp³-hybridized carbons (Fsp3) is 0.188. The van der Waals surface area contributed by atoms with Crippen molar-refractivity contribution in [2.45, 2.75) is 12.7 Å². The zero-order chi connectivity index (χ0) is 16.9. The maximum absolute atomic E-state index is 11.8. The second-order valence-electron chi connectivity index (χ2n) is 5.16. The smallest absolute Gasteiger partial charge is 0.262 e. The predicted molar refractivity (Wildman–Crippen MR) is 88.6 cm³/mol. The summed E-state index contributed by atoms with van der Waals surface area (Å²) >= 11 is 0. The molecule has 0 atom stereocenters. The number of hydrogen-bond acceptors (Lipinski definition) is 4. The van der Waals surface area contributed by atoms with E-state index in [1.54, 1.807) is 30.3 Å². The van der Waals surface area contributed by atoms with Gasteiger partial charge in [-0.25, -0.2) is 13.6 Å². The summed E-state index contributed by atoms with van der Waals surface area (Å²) in [5, 5.41) is 7.65. The Balaban J connectivity index is 1.87. The molecule has 0 spiro atoms. The number of carbonyl (C=O) groups is 1. The van der Waals surface area contributed by atoms with E-state index in [2.05, 4.69) is 5.32 Å². The van der Waals surface area contributed by atoms with Gasteiger partial charge in [-0.1, -0.05) is 24.3 Å². The Kier molecular flexibility index (Phi) is 5.36. The maximum atomic E-state index is 11.8. The van der Waals surface area contributed by atoms with Crippen LogP contribution < -0.4 is 15.2 Å². The number of primary sulfonamides is 1. The van der Waals surface area contributed by atoms with E-state index >= 15 is 0 Å². The Hall–Kier alpha value is -2.38. The van der Waals surface area contributed by atoms with E-state index < -0.39 is 10.0 Å². The SMILES string of the molecule is Cc1cccc(OCC(=O)Nc2ccc(CS(N)(=O)=O)cc2)c1. The fourth-order valence-electron chi connectivity index (χ4n) is 1.97. The van der Waals surface area contributed by atoms with Crippen molar-refractivity contribution in [1.29, 1.82) is 0 Å². The molecule has 0 unspecified atom stereocenters. The molecule has 2 rings (SSSR count). The molecule has 6 nitrogen and oxygen atoms in total. The highest BCUT2D eigenvalue weighted by Gasteiger charge is 2.07. The number of sulfonamides is 1. The molecule has 2 aromatic carbocycles. The summed E-state index contributed by atoms with van der Waals surface area (Å²) in [4.78, 5) is 11.8. The zero-order valence-electron chi connectivity index (χ0n) is 12.7. The number of anilines is 1. The Morgan fingerprint density at radius 3 is 2.48 bits per heavy atom. The van der Waals surface area contributed by atoms with Crippen LogP contribution >= 0.6 is 0 Å². The Morgan fingerprint density at radius 1 is 1.17 bits per heavy atom. The standard InChI is InChI=1S/C16H18N2O4S/c1-12-3-2-4-15(9-12)22-10-16(19)18-14-7-5-13(6-8-14)11-23(17,20)21/h2-9H,10-11H2,1H3,(H,18,19)(H2,17,20,21). The lowest BCUT2D eigenvalue weighted by Crippen LogP contribution is -2.20. The third-order valence-corrected chi connectivity index (χ3v) is 3.70. The number of aryl methyl sites for hydroxylation is 1. The molecule has 7 heteroatoms. The summed E-state index contributed by atoms with van der Waals surface area (Å²) in [6.45, 7) is 1.83. The molecular formula is C16H18N2O4S. The van der Waals surface area contributed by atoms with Gasteiger partial charge in [0.25, 0.3) is 5.91 Å². The molecule has 3 N–H and O–H groups in total. The van der Waals surface area contributed by atoms with Gasteiger partial charge in [-0.15, -0.1) is 0 Å². The number of ether oxygens (including phenoxy) is 1. The van der Waals surface area contributed by atoms with Crippen LogP contribution in [0.2, 0.25) is 0 Å². The van der Waals surface area contributed by atoms with Gasteiger partial charge in [0.15, 0.2) is 6.61 Å². The van der Waals surface area contributed by atoms with Crippen molar-refractivity contribution in [2.75, 3.05) is 11.9 Å². The number of amides is 1. The summed E-state index contributed by atoms with van der Waals surface area (Å²) in [5.41, 5.74) is 2.16. The lowest BCUT2D eigenvalue weighted by Gasteiger charge is -2.08. The van der Waals surface area contributed by atoms with Crippen LogP contribution in [-0.4, -0.2) is 20.9 Å². The molecule has 0 aliphatic carbocycles. The van der Waals surface area contributed by atoms with E-state index in [1.807, 2.05) is 25.1 Å². The van der Waals surface area contributed by atoms with Crippen LogP contribution in [0.5, 0.6) is 5.75 Å². The molecule has 0 aliphatic rings. The Labute approximate surface area is 135 Å². The minimum atomic E-state index is -3.56. The average Bonchev–Trinajstić information content (AvgIpc) is 2.46. The van der Waals surface area contributed by atoms with Gasteiger partial charge in [-0.2, -0.15) is 0 Å². The highest BCUT2D eigenvalue weighted by atomic mass is 32.2. The number of hydrogen-bond donors (Lipinski definition) is 2. The van der Waals surface area contributed by atoms with Crippen molar-refractivity contribution in [2.24, 2.45) is 5.14 Å². The normalized spacial score (nSPS) is 11.0. The first-order chi connectivity index (χ1) is 10.8. The largest absolute Gasteiger partial charge is 0.484 e. The molecule has 0 aromatic heterocycles. The summed E-state index contributed by atoms with van der Waals surface area (Å²) < 4.78 is 27.4. The third-order valence-electron chi connectivity index (χ3n) is 2.97. The van der Waals surface area contributed by atoms with Gasteiger partial charge in [0.1, 0.15) is 5.75 Å². The average molecular weight is 334 g/mol. The van der Waals surface area contributed by atoms with Gasteiger partial charge >= 0.3 is 0 Å². The first-order valence-electron chi connectivity index (χ1n) is 6.90. The first kappa shape index (κ1) is 17.0. The Bertz CT molecular complexity index is 786. The van der Waals surface area contributed by atoms with Crippen molar-refractivity contribution < 1.29 is 17.9 Å². The molecule has 0 fully saturated rings. The van der Waals surface area contributed by atoms with E-state index in [9.17, 15) is 13.2 Å². The van der Waals surface area contributed by atoms with E-state index in [1.165, 1.54) is 0 Å². The van der Waals surface area contributed by atoms with Gasteiger partial charge in [-0.05, 0) is 42.3 Å². The molecule has 0 saturated heterocycles. The number of nitrogens with two attached hydrogens (primary N) is 1. The highest BCUT2D eigenvalue weighted by Crippen LogP contribution is 2.13. The quantitative estimate of drug-likeness (QED) is 0.841. The van der Waals surface area contributed by atoms with Crippen molar-refractivity contribution in [1.82, 2.24) is 0 Å². The Morgan fingerprint density at radius 2 is 1.87 bits per heavy atom. The van der Waals surface area contributed by atoms with Crippen molar-refractivity contribution >= 4 is 21.6 Å². The molecular weight excluding hydrogens is 316 g/mol. The summed E-state index contributed by atoms with van der Waals surface area (Å²) in [6.07, 6.45) is 0. The molecule has 0 saturated carbocycles. The van der Waals surface area contributed by atoms with Crippen LogP contribution in [-0.2, 0) is 20.6 Å². The van der Waals surface area contributed by atoms with Crippen LogP contribution in [0.3, 0.4) is 0 Å². The van der Waals surface area contributed by atoms with Gasteiger partial charge in [0.2, 0.25) is 10.0 Å². The highest BCUT2D eigenvalue weighted by molar-refractivity contribution is 7.88. The van der Waals surface area contributed by atoms with Crippen LogP contribution in [0, 0.1) is 6.92 Å². The molecule has 0 aliphatic heterocycles. The van der Waals surface area contributed by atoms with E-state index in [4.69, 9.17) is 9.88 Å². The van der Waals surface area contributed by atoms with Crippen molar-refractivity contribution in [3.8, 4) is 5.75 Å². The number of rotatable bonds is 6. The fourth-order valence-corrected chi connectivity index (χ4v) is 2.62. The van der Waals surface area contributed by atoms with Crippen molar-refractivity contribution in [3.63, 3.8) is 0 Å². The maximum Gasteiger partial charge on any atom is 0.262 e. The summed E-state index contributed by atoms with van der Waals surface area (Å²) in [6, 6.07) is 13.8. The minimum absolute atomic E-state index is 0.109. The van der Waals surface area contributed by atoms with Crippen LogP contribution in [0.25, 0.3) is 0 Å². The van der Waals surface area contributed by atoms with Gasteiger partial charge < -0.3 is 10.1 Å². The lowest BCUT2D eigenvalue weighted by atomic mass is 10.2. The van der Waals surface area contributed by atoms with E-state index in [-0.39, 0.29) is 18.3 Å². The topological polar surface area (TPSA) is 98.5 Å². The molecule has 122 valence electrons. The molecule has 0 radical (unpaired) electrons. The summed E-state index contributed by atoms with van der Waals surface area (Å²) in [5.74, 6) is 0.0897. The van der Waals surface area contributed by atoms with Crippen LogP contribution in [0.1, 0.15) is 11.1 Å². The lowest BCUT2D eigenvalue weighted by molar-refractivity contribution is -0.118. The molecule has 0 heterocycles. The molecule has 23 heavy (non-hydrogen) atoms. The van der Waals surface area contributed by atoms with Crippen LogP contribution in [0.4, 0.5) is 5.69 Å². The number of benzene rings is 2. The van der Waals surface area contributed by atoms with Gasteiger partial charge in [0.05, 0.1) is 5.75 Å². The number of carbonyl (C=O) groups excluding carboxylic acids is 1. The van der Waals surface area contributed by atoms with Gasteiger partial charge in [-0.3, -0.25) is 4.79 Å². The van der Waals surface area contributed by atoms with Gasteiger partial charge in [0, 0.05) is 5.69 Å². The summed E-state index contributed by atoms with van der Waals surface area (Å²) in [7, 11) is -3.56. The minimum Gasteiger partial charge on any atom is -0.484 e. The number of nitrogens with one attached hydrogen (secondary N) is 1. The van der Waals surface area contributed by atoms with Crippen molar-refractivity contribution in [3.05, 3.63) is 59.7 Å². The molecule has 1 amide bonds. The van der Waals surface area contributed by atoms with E-state index in [0.717, 1.165) is 5.56 Å². The zero-order valence-corrected chi connectivity index (χ0v) is 13.5. The first-order valence-corrected chi connectivity index (χ1v) is 8.62. The molecule has 2 aromatic rings. The van der Waals surface area contributed by atoms with Crippen LogP contribution in [0.15, 0.2) is 48.5 Å². The second kappa shape index (κ2) is 7.26. The predicted octanol–water partition coefficient (Wildman–Crippen LogP) is 1.80.